The Hall–Kier alpha value is -3.28. The van der Waals surface area contributed by atoms with Crippen LogP contribution in [-0.2, 0) is 26.2 Å². The largest absolute Gasteiger partial charge is 0.493 e. The molecule has 9 nitrogen and oxygen atoms in total. The minimum absolute atomic E-state index is 0.0949. The van der Waals surface area contributed by atoms with Gasteiger partial charge in [0.25, 0.3) is 10.0 Å². The maximum absolute atomic E-state index is 14.0. The molecule has 12 heteroatoms. The van der Waals surface area contributed by atoms with E-state index in [0.29, 0.717) is 17.3 Å². The minimum atomic E-state index is -4.29. The predicted molar refractivity (Wildman–Crippen MR) is 163 cm³/mol. The van der Waals surface area contributed by atoms with Crippen LogP contribution in [0.4, 0.5) is 5.69 Å². The first-order valence-electron chi connectivity index (χ1n) is 12.8. The summed E-state index contributed by atoms with van der Waals surface area (Å²) in [5, 5.41) is 3.22. The highest BCUT2D eigenvalue weighted by atomic mass is 79.9. The second-order valence-electron chi connectivity index (χ2n) is 9.12. The molecule has 1 N–H and O–H groups in total. The van der Waals surface area contributed by atoms with E-state index < -0.39 is 28.5 Å². The second kappa shape index (κ2) is 14.6. The molecular formula is C29H33BrClN3O6S. The lowest BCUT2D eigenvalue weighted by Gasteiger charge is -2.32. The quantitative estimate of drug-likeness (QED) is 0.267. The molecule has 0 aliphatic carbocycles. The van der Waals surface area contributed by atoms with Crippen LogP contribution >= 0.6 is 27.5 Å². The van der Waals surface area contributed by atoms with E-state index in [2.05, 4.69) is 21.2 Å². The first-order chi connectivity index (χ1) is 19.5. The number of hydrogen-bond acceptors (Lipinski definition) is 6. The molecule has 220 valence electrons. The zero-order valence-electron chi connectivity index (χ0n) is 23.3. The number of carbonyl (C=O) groups excluding carboxylic acids is 2. The van der Waals surface area contributed by atoms with Crippen LogP contribution in [0, 0.1) is 0 Å². The van der Waals surface area contributed by atoms with Gasteiger partial charge >= 0.3 is 0 Å². The van der Waals surface area contributed by atoms with Crippen molar-refractivity contribution in [3.63, 3.8) is 0 Å². The fraction of sp³-hybridized carbons (Fsp3) is 0.310. The van der Waals surface area contributed by atoms with Crippen LogP contribution in [0.25, 0.3) is 0 Å². The summed E-state index contributed by atoms with van der Waals surface area (Å²) in [6.07, 6.45) is 0.729. The number of benzene rings is 3. The van der Waals surface area contributed by atoms with Gasteiger partial charge in [-0.1, -0.05) is 46.6 Å². The van der Waals surface area contributed by atoms with Crippen LogP contribution in [0.5, 0.6) is 11.5 Å². The molecule has 0 heterocycles. The highest BCUT2D eigenvalue weighted by Gasteiger charge is 2.33. The van der Waals surface area contributed by atoms with Crippen molar-refractivity contribution >= 4 is 55.1 Å². The van der Waals surface area contributed by atoms with Gasteiger partial charge in [-0.2, -0.15) is 0 Å². The number of amides is 2. The standard InChI is InChI=1S/C29H33BrClN3O6S/c1-5-16-32-29(36)20(2)33(18-21-6-8-22(30)9-7-21)28(35)19-34(24-12-10-23(31)11-13-24)41(37,38)25-14-15-26(39-3)27(17-25)40-4/h6-15,17,20H,5,16,18-19H2,1-4H3,(H,32,36)/t20-/m1/s1. The number of nitrogens with zero attached hydrogens (tertiary/aromatic N) is 2. The third-order valence-corrected chi connectivity index (χ3v) is 8.87. The lowest BCUT2D eigenvalue weighted by atomic mass is 10.1. The fourth-order valence-electron chi connectivity index (χ4n) is 4.01. The van der Waals surface area contributed by atoms with Gasteiger partial charge in [-0.25, -0.2) is 8.42 Å². The van der Waals surface area contributed by atoms with Gasteiger partial charge in [-0.05, 0) is 67.4 Å². The Balaban J connectivity index is 2.05. The van der Waals surface area contributed by atoms with Gasteiger partial charge in [0, 0.05) is 28.7 Å². The van der Waals surface area contributed by atoms with Gasteiger partial charge in [-0.3, -0.25) is 13.9 Å². The highest BCUT2D eigenvalue weighted by molar-refractivity contribution is 9.10. The van der Waals surface area contributed by atoms with E-state index in [-0.39, 0.29) is 28.8 Å². The zero-order chi connectivity index (χ0) is 30.2. The average Bonchev–Trinajstić information content (AvgIpc) is 2.97. The number of nitrogens with one attached hydrogen (secondary N) is 1. The van der Waals surface area contributed by atoms with Crippen molar-refractivity contribution in [1.29, 1.82) is 0 Å². The molecule has 0 fully saturated rings. The number of hydrogen-bond donors (Lipinski definition) is 1. The van der Waals surface area contributed by atoms with E-state index in [0.717, 1.165) is 20.8 Å². The molecule has 1 atom stereocenters. The van der Waals surface area contributed by atoms with Crippen molar-refractivity contribution in [2.45, 2.75) is 37.8 Å². The zero-order valence-corrected chi connectivity index (χ0v) is 26.4. The van der Waals surface area contributed by atoms with E-state index in [1.54, 1.807) is 19.1 Å². The summed E-state index contributed by atoms with van der Waals surface area (Å²) in [6, 6.07) is 16.8. The lowest BCUT2D eigenvalue weighted by Crippen LogP contribution is -2.51. The molecule has 0 radical (unpaired) electrons. The molecule has 3 aromatic carbocycles. The van der Waals surface area contributed by atoms with Crippen LogP contribution in [-0.4, -0.2) is 58.5 Å². The number of rotatable bonds is 13. The maximum Gasteiger partial charge on any atom is 0.264 e. The molecule has 41 heavy (non-hydrogen) atoms. The minimum Gasteiger partial charge on any atom is -0.493 e. The summed E-state index contributed by atoms with van der Waals surface area (Å²) in [4.78, 5) is 28.2. The topological polar surface area (TPSA) is 105 Å². The molecule has 0 aliphatic rings. The second-order valence-corrected chi connectivity index (χ2v) is 12.3. The summed E-state index contributed by atoms with van der Waals surface area (Å²) in [5.74, 6) is -0.327. The van der Waals surface area contributed by atoms with Crippen LogP contribution in [0.1, 0.15) is 25.8 Å². The Morgan fingerprint density at radius 1 is 0.976 bits per heavy atom. The van der Waals surface area contributed by atoms with Gasteiger partial charge in [0.2, 0.25) is 11.8 Å². The average molecular weight is 667 g/mol. The predicted octanol–water partition coefficient (Wildman–Crippen LogP) is 5.26. The van der Waals surface area contributed by atoms with Crippen molar-refractivity contribution < 1.29 is 27.5 Å². The Kier molecular flexibility index (Phi) is 11.5. The molecule has 0 spiro atoms. The third-order valence-electron chi connectivity index (χ3n) is 6.32. The van der Waals surface area contributed by atoms with Crippen molar-refractivity contribution in [3.05, 3.63) is 81.8 Å². The molecule has 3 aromatic rings. The number of carbonyl (C=O) groups is 2. The molecule has 0 saturated heterocycles. The van der Waals surface area contributed by atoms with Gasteiger partial charge < -0.3 is 19.7 Å². The van der Waals surface area contributed by atoms with Crippen molar-refractivity contribution in [2.24, 2.45) is 0 Å². The smallest absolute Gasteiger partial charge is 0.264 e. The summed E-state index contributed by atoms with van der Waals surface area (Å²) < 4.78 is 40.5. The Morgan fingerprint density at radius 3 is 2.20 bits per heavy atom. The summed E-state index contributed by atoms with van der Waals surface area (Å²) in [5.41, 5.74) is 1.00. The molecule has 2 amide bonds. The van der Waals surface area contributed by atoms with Crippen molar-refractivity contribution in [1.82, 2.24) is 10.2 Å². The van der Waals surface area contributed by atoms with E-state index in [1.165, 1.54) is 49.5 Å². The van der Waals surface area contributed by atoms with Crippen molar-refractivity contribution in [3.8, 4) is 11.5 Å². The summed E-state index contributed by atoms with van der Waals surface area (Å²) in [7, 11) is -1.44. The van der Waals surface area contributed by atoms with Gasteiger partial charge in [0.05, 0.1) is 24.8 Å². The highest BCUT2D eigenvalue weighted by Crippen LogP contribution is 2.32. The molecule has 0 saturated carbocycles. The lowest BCUT2D eigenvalue weighted by molar-refractivity contribution is -0.139. The fourth-order valence-corrected chi connectivity index (χ4v) is 5.83. The van der Waals surface area contributed by atoms with Crippen LogP contribution in [0.15, 0.2) is 76.1 Å². The Bertz CT molecular complexity index is 1450. The van der Waals surface area contributed by atoms with Crippen LogP contribution in [0.3, 0.4) is 0 Å². The maximum atomic E-state index is 14.0. The van der Waals surface area contributed by atoms with Gasteiger partial charge in [-0.15, -0.1) is 0 Å². The Morgan fingerprint density at radius 2 is 1.61 bits per heavy atom. The molecule has 0 aliphatic heterocycles. The summed E-state index contributed by atoms with van der Waals surface area (Å²) >= 11 is 9.48. The molecule has 0 unspecified atom stereocenters. The summed E-state index contributed by atoms with van der Waals surface area (Å²) in [6.45, 7) is 3.53. The first kappa shape index (κ1) is 32.2. The molecule has 0 bridgehead atoms. The Labute approximate surface area is 254 Å². The number of anilines is 1. The number of ether oxygens (including phenoxy) is 2. The SMILES string of the molecule is CCCNC(=O)[C@@H](C)N(Cc1ccc(Br)cc1)C(=O)CN(c1ccc(Cl)cc1)S(=O)(=O)c1ccc(OC)c(OC)c1. The number of halogens is 2. The number of sulfonamides is 1. The number of methoxy groups -OCH3 is 2. The molecular weight excluding hydrogens is 634 g/mol. The molecule has 0 aromatic heterocycles. The van der Waals surface area contributed by atoms with E-state index in [4.69, 9.17) is 21.1 Å². The van der Waals surface area contributed by atoms with E-state index in [1.807, 2.05) is 31.2 Å². The monoisotopic (exact) mass is 665 g/mol. The van der Waals surface area contributed by atoms with E-state index in [9.17, 15) is 18.0 Å². The first-order valence-corrected chi connectivity index (χ1v) is 15.4. The third kappa shape index (κ3) is 8.15. The van der Waals surface area contributed by atoms with Crippen LogP contribution < -0.4 is 19.1 Å². The van der Waals surface area contributed by atoms with Crippen molar-refractivity contribution in [2.75, 3.05) is 31.6 Å². The van der Waals surface area contributed by atoms with Gasteiger partial charge in [0.15, 0.2) is 11.5 Å². The molecule has 3 rings (SSSR count). The van der Waals surface area contributed by atoms with Crippen LogP contribution in [0.2, 0.25) is 5.02 Å². The van der Waals surface area contributed by atoms with E-state index >= 15 is 0 Å². The normalized spacial score (nSPS) is 11.9. The van der Waals surface area contributed by atoms with Gasteiger partial charge in [0.1, 0.15) is 12.6 Å².